The first-order chi connectivity index (χ1) is 14.6. The molecule has 0 atom stereocenters. The smallest absolute Gasteiger partial charge is 0.274 e. The fourth-order valence-electron chi connectivity index (χ4n) is 4.08. The largest absolute Gasteiger partial charge is 0.492 e. The van der Waals surface area contributed by atoms with Crippen molar-refractivity contribution in [1.29, 1.82) is 0 Å². The Morgan fingerprint density at radius 1 is 1.27 bits per heavy atom. The summed E-state index contributed by atoms with van der Waals surface area (Å²) in [6.07, 6.45) is 6.11. The third kappa shape index (κ3) is 4.31. The van der Waals surface area contributed by atoms with Crippen LogP contribution in [0.3, 0.4) is 0 Å². The Bertz CT molecular complexity index is 1040. The third-order valence-corrected chi connectivity index (χ3v) is 5.74. The summed E-state index contributed by atoms with van der Waals surface area (Å²) in [7, 11) is 0. The first kappa shape index (κ1) is 20.3. The van der Waals surface area contributed by atoms with Crippen LogP contribution < -0.4 is 10.1 Å². The van der Waals surface area contributed by atoms with Crippen LogP contribution in [0, 0.1) is 12.8 Å². The van der Waals surface area contributed by atoms with Gasteiger partial charge in [-0.05, 0) is 63.6 Å². The number of carbonyl (C=O) groups is 1. The van der Waals surface area contributed by atoms with Gasteiger partial charge in [-0.2, -0.15) is 5.10 Å². The summed E-state index contributed by atoms with van der Waals surface area (Å²) in [6, 6.07) is 9.51. The zero-order chi connectivity index (χ0) is 21.1. The molecular formula is C23H28N4O3. The Balaban J connectivity index is 1.61. The molecule has 1 saturated carbocycles. The normalized spacial score (nSPS) is 19.0. The van der Waals surface area contributed by atoms with Crippen LogP contribution in [0.5, 0.6) is 5.75 Å². The number of aliphatic hydroxyl groups excluding tert-OH is 1. The summed E-state index contributed by atoms with van der Waals surface area (Å²) in [4.78, 5) is 17.0. The summed E-state index contributed by atoms with van der Waals surface area (Å²) in [5.41, 5.74) is 2.62. The molecule has 1 aliphatic carbocycles. The molecule has 4 rings (SSSR count). The number of pyridine rings is 1. The summed E-state index contributed by atoms with van der Waals surface area (Å²) in [6.45, 7) is 4.53. The van der Waals surface area contributed by atoms with Gasteiger partial charge in [0.05, 0.1) is 23.9 Å². The lowest BCUT2D eigenvalue weighted by Gasteiger charge is -2.27. The number of hydrogen-bond donors (Lipinski definition) is 2. The van der Waals surface area contributed by atoms with Crippen LogP contribution >= 0.6 is 0 Å². The van der Waals surface area contributed by atoms with Gasteiger partial charge in [0.1, 0.15) is 11.4 Å². The molecule has 2 aromatic heterocycles. The average Bonchev–Trinajstić information content (AvgIpc) is 3.17. The first-order valence-electron chi connectivity index (χ1n) is 10.6. The monoisotopic (exact) mass is 408 g/mol. The van der Waals surface area contributed by atoms with Gasteiger partial charge in [0.15, 0.2) is 0 Å². The number of aryl methyl sites for hydroxylation is 1. The number of carbonyl (C=O) groups excluding carboxylic acids is 1. The molecule has 2 N–H and O–H groups in total. The van der Waals surface area contributed by atoms with Crippen LogP contribution in [0.1, 0.15) is 54.8 Å². The minimum atomic E-state index is -0.270. The fraction of sp³-hybridized carbons (Fsp3) is 0.435. The summed E-state index contributed by atoms with van der Waals surface area (Å²) >= 11 is 0. The Kier molecular flexibility index (Phi) is 5.99. The number of aliphatic hydroxyl groups is 1. The molecular weight excluding hydrogens is 380 g/mol. The minimum Gasteiger partial charge on any atom is -0.492 e. The molecule has 1 aromatic carbocycles. The molecule has 0 aliphatic heterocycles. The maximum Gasteiger partial charge on any atom is 0.274 e. The van der Waals surface area contributed by atoms with E-state index in [4.69, 9.17) is 9.84 Å². The topological polar surface area (TPSA) is 89.3 Å². The van der Waals surface area contributed by atoms with Gasteiger partial charge in [0.25, 0.3) is 5.91 Å². The fourth-order valence-corrected chi connectivity index (χ4v) is 4.08. The third-order valence-electron chi connectivity index (χ3n) is 5.74. The zero-order valence-corrected chi connectivity index (χ0v) is 17.5. The van der Waals surface area contributed by atoms with Gasteiger partial charge in [-0.25, -0.2) is 4.98 Å². The minimum absolute atomic E-state index is 0.268. The van der Waals surface area contributed by atoms with Crippen molar-refractivity contribution in [1.82, 2.24) is 14.8 Å². The van der Waals surface area contributed by atoms with E-state index in [0.29, 0.717) is 35.7 Å². The maximum absolute atomic E-state index is 12.7. The quantitative estimate of drug-likeness (QED) is 0.641. The lowest BCUT2D eigenvalue weighted by molar-refractivity contribution is 0.102. The number of anilines is 1. The van der Waals surface area contributed by atoms with Gasteiger partial charge in [0, 0.05) is 30.0 Å². The standard InChI is InChI=1S/C23H28N4O3/c1-3-30-22-12-20-17(13-27(26-20)18-9-7-16(14-28)8-10-18)11-21(22)25-23(29)19-6-4-5-15(2)24-19/h4-6,11-13,16,18,28H,3,7-10,14H2,1-2H3,(H,25,29). The van der Waals surface area contributed by atoms with E-state index in [0.717, 1.165) is 42.3 Å². The maximum atomic E-state index is 12.7. The second-order valence-electron chi connectivity index (χ2n) is 7.92. The molecule has 7 nitrogen and oxygen atoms in total. The second kappa shape index (κ2) is 8.83. The molecule has 30 heavy (non-hydrogen) atoms. The van der Waals surface area contributed by atoms with Gasteiger partial charge in [-0.15, -0.1) is 0 Å². The van der Waals surface area contributed by atoms with Crippen LogP contribution in [0.15, 0.2) is 36.5 Å². The highest BCUT2D eigenvalue weighted by Crippen LogP contribution is 2.35. The average molecular weight is 409 g/mol. The van der Waals surface area contributed by atoms with E-state index in [1.807, 2.05) is 49.0 Å². The van der Waals surface area contributed by atoms with Gasteiger partial charge >= 0.3 is 0 Å². The number of benzene rings is 1. The second-order valence-corrected chi connectivity index (χ2v) is 7.92. The van der Waals surface area contributed by atoms with Crippen LogP contribution in [0.2, 0.25) is 0 Å². The Hall–Kier alpha value is -2.93. The van der Waals surface area contributed by atoms with Crippen molar-refractivity contribution in [3.8, 4) is 5.75 Å². The van der Waals surface area contributed by atoms with Gasteiger partial charge in [0.2, 0.25) is 0 Å². The van der Waals surface area contributed by atoms with Crippen molar-refractivity contribution in [2.24, 2.45) is 5.92 Å². The highest BCUT2D eigenvalue weighted by molar-refractivity contribution is 6.05. The lowest BCUT2D eigenvalue weighted by Crippen LogP contribution is -2.20. The molecule has 0 spiro atoms. The molecule has 1 aliphatic rings. The van der Waals surface area contributed by atoms with Gasteiger partial charge in [-0.1, -0.05) is 6.07 Å². The van der Waals surface area contributed by atoms with E-state index in [2.05, 4.69) is 10.3 Å². The van der Waals surface area contributed by atoms with Crippen molar-refractivity contribution in [2.75, 3.05) is 18.5 Å². The Morgan fingerprint density at radius 2 is 2.07 bits per heavy atom. The van der Waals surface area contributed by atoms with E-state index in [-0.39, 0.29) is 12.5 Å². The number of fused-ring (bicyclic) bond motifs is 1. The zero-order valence-electron chi connectivity index (χ0n) is 17.5. The predicted octanol–water partition coefficient (Wildman–Crippen LogP) is 4.11. The van der Waals surface area contributed by atoms with Crippen molar-refractivity contribution in [3.63, 3.8) is 0 Å². The number of hydrogen-bond acceptors (Lipinski definition) is 5. The van der Waals surface area contributed by atoms with Crippen molar-refractivity contribution >= 4 is 22.5 Å². The van der Waals surface area contributed by atoms with Crippen molar-refractivity contribution in [2.45, 2.75) is 45.6 Å². The van der Waals surface area contributed by atoms with Crippen LogP contribution in [-0.4, -0.2) is 39.0 Å². The summed E-state index contributed by atoms with van der Waals surface area (Å²) in [5.74, 6) is 0.738. The van der Waals surface area contributed by atoms with Crippen LogP contribution in [0.25, 0.3) is 10.9 Å². The van der Waals surface area contributed by atoms with Crippen molar-refractivity contribution < 1.29 is 14.6 Å². The van der Waals surface area contributed by atoms with E-state index in [1.54, 1.807) is 6.07 Å². The molecule has 1 amide bonds. The summed E-state index contributed by atoms with van der Waals surface area (Å²) < 4.78 is 7.81. The van der Waals surface area contributed by atoms with Gasteiger partial charge < -0.3 is 15.2 Å². The molecule has 0 bridgehead atoms. The van der Waals surface area contributed by atoms with E-state index >= 15 is 0 Å². The Labute approximate surface area is 176 Å². The molecule has 0 unspecified atom stereocenters. The van der Waals surface area contributed by atoms with E-state index in [9.17, 15) is 9.90 Å². The van der Waals surface area contributed by atoms with E-state index < -0.39 is 0 Å². The SMILES string of the molecule is CCOc1cc2nn(C3CCC(CO)CC3)cc2cc1NC(=O)c1cccc(C)n1. The highest BCUT2D eigenvalue weighted by atomic mass is 16.5. The lowest BCUT2D eigenvalue weighted by atomic mass is 9.87. The number of rotatable bonds is 6. The number of nitrogens with zero attached hydrogens (tertiary/aromatic N) is 3. The van der Waals surface area contributed by atoms with Crippen molar-refractivity contribution in [3.05, 3.63) is 47.9 Å². The number of nitrogens with one attached hydrogen (secondary N) is 1. The molecule has 0 radical (unpaired) electrons. The van der Waals surface area contributed by atoms with Gasteiger partial charge in [-0.3, -0.25) is 9.48 Å². The molecule has 158 valence electrons. The first-order valence-corrected chi connectivity index (χ1v) is 10.6. The molecule has 1 fully saturated rings. The molecule has 7 heteroatoms. The molecule has 0 saturated heterocycles. The van der Waals surface area contributed by atoms with Crippen LogP contribution in [-0.2, 0) is 0 Å². The van der Waals surface area contributed by atoms with Crippen LogP contribution in [0.4, 0.5) is 5.69 Å². The molecule has 2 heterocycles. The highest BCUT2D eigenvalue weighted by Gasteiger charge is 2.23. The number of aromatic nitrogens is 3. The number of ether oxygens (including phenoxy) is 1. The predicted molar refractivity (Wildman–Crippen MR) is 116 cm³/mol. The Morgan fingerprint density at radius 3 is 2.77 bits per heavy atom. The van der Waals surface area contributed by atoms with E-state index in [1.165, 1.54) is 0 Å². The number of amides is 1. The summed E-state index contributed by atoms with van der Waals surface area (Å²) in [5, 5.41) is 18.0. The molecule has 3 aromatic rings.